The zero-order valence-electron chi connectivity index (χ0n) is 11.4. The maximum atomic E-state index is 6.02. The maximum Gasteiger partial charge on any atom is 0.215 e. The first-order valence-electron chi connectivity index (χ1n) is 6.35. The van der Waals surface area contributed by atoms with Crippen LogP contribution in [0.4, 0.5) is 5.95 Å². The molecule has 0 fully saturated rings. The molecule has 0 aliphatic heterocycles. The Bertz CT molecular complexity index is 718. The monoisotopic (exact) mass is 272 g/mol. The average molecular weight is 272 g/mol. The van der Waals surface area contributed by atoms with E-state index in [1.54, 1.807) is 19.4 Å². The number of nitrogens with two attached hydrogens (primary N) is 1. The molecule has 2 N–H and O–H groups in total. The molecule has 0 amide bonds. The van der Waals surface area contributed by atoms with Gasteiger partial charge in [-0.05, 0) is 19.1 Å². The van der Waals surface area contributed by atoms with Crippen molar-refractivity contribution in [3.63, 3.8) is 0 Å². The summed E-state index contributed by atoms with van der Waals surface area (Å²) in [6.45, 7) is 2.75. The maximum absolute atomic E-state index is 6.02. The second-order valence-electron chi connectivity index (χ2n) is 4.61. The summed E-state index contributed by atoms with van der Waals surface area (Å²) in [4.78, 5) is 8.77. The number of hydrogen-bond donors (Lipinski definition) is 1. The molecule has 7 heteroatoms. The van der Waals surface area contributed by atoms with Gasteiger partial charge in [0, 0.05) is 18.5 Å². The summed E-state index contributed by atoms with van der Waals surface area (Å²) < 4.78 is 8.92. The van der Waals surface area contributed by atoms with Gasteiger partial charge in [-0.1, -0.05) is 0 Å². The number of methoxy groups -OCH3 is 1. The number of aromatic nitrogens is 5. The van der Waals surface area contributed by atoms with Gasteiger partial charge in [0.2, 0.25) is 11.8 Å². The molecule has 0 saturated heterocycles. The lowest BCUT2D eigenvalue weighted by Crippen LogP contribution is -2.16. The summed E-state index contributed by atoms with van der Waals surface area (Å²) in [5.41, 5.74) is 7.50. The van der Waals surface area contributed by atoms with Gasteiger partial charge < -0.3 is 10.5 Å². The lowest BCUT2D eigenvalue weighted by atomic mass is 10.3. The van der Waals surface area contributed by atoms with Gasteiger partial charge >= 0.3 is 0 Å². The summed E-state index contributed by atoms with van der Waals surface area (Å²) in [7, 11) is 1.59. The smallest absolute Gasteiger partial charge is 0.215 e. The zero-order chi connectivity index (χ0) is 14.1. The Morgan fingerprint density at radius 2 is 2.20 bits per heavy atom. The number of pyridine rings is 1. The van der Waals surface area contributed by atoms with E-state index in [0.717, 1.165) is 11.2 Å². The van der Waals surface area contributed by atoms with Crippen LogP contribution < -0.4 is 10.5 Å². The average Bonchev–Trinajstić information content (AvgIpc) is 3.04. The minimum absolute atomic E-state index is 0.0829. The number of hydrogen-bond acceptors (Lipinski definition) is 5. The summed E-state index contributed by atoms with van der Waals surface area (Å²) >= 11 is 0. The van der Waals surface area contributed by atoms with Crippen molar-refractivity contribution < 1.29 is 4.74 Å². The van der Waals surface area contributed by atoms with Crippen LogP contribution in [0.5, 0.6) is 5.88 Å². The van der Waals surface area contributed by atoms with E-state index in [2.05, 4.69) is 22.0 Å². The third kappa shape index (κ3) is 2.07. The van der Waals surface area contributed by atoms with E-state index in [9.17, 15) is 0 Å². The zero-order valence-corrected chi connectivity index (χ0v) is 11.4. The first-order chi connectivity index (χ1) is 9.69. The molecule has 104 valence electrons. The highest BCUT2D eigenvalue weighted by atomic mass is 16.5. The molecule has 3 rings (SSSR count). The van der Waals surface area contributed by atoms with Crippen molar-refractivity contribution in [1.82, 2.24) is 24.3 Å². The van der Waals surface area contributed by atoms with Gasteiger partial charge in [-0.15, -0.1) is 0 Å². The number of nitrogens with zero attached hydrogens (tertiary/aromatic N) is 5. The third-order valence-corrected chi connectivity index (χ3v) is 3.20. The predicted molar refractivity (Wildman–Crippen MR) is 75.4 cm³/mol. The first kappa shape index (κ1) is 12.5. The molecular formula is C13H16N6O. The van der Waals surface area contributed by atoms with Crippen molar-refractivity contribution in [3.8, 4) is 5.88 Å². The van der Waals surface area contributed by atoms with Crippen LogP contribution in [0.1, 0.15) is 13.0 Å². The Labute approximate surface area is 116 Å². The molecule has 3 heterocycles. The number of imidazole rings is 1. The molecule has 20 heavy (non-hydrogen) atoms. The van der Waals surface area contributed by atoms with Crippen LogP contribution in [-0.4, -0.2) is 31.4 Å². The molecule has 3 aromatic heterocycles. The molecule has 0 bridgehead atoms. The first-order valence-corrected chi connectivity index (χ1v) is 6.35. The Kier molecular flexibility index (Phi) is 3.02. The highest BCUT2D eigenvalue weighted by Crippen LogP contribution is 2.24. The minimum atomic E-state index is 0.0829. The van der Waals surface area contributed by atoms with Gasteiger partial charge in [-0.25, -0.2) is 4.98 Å². The standard InChI is InChI=1S/C13H16N6O/c1-9(8-18-7-3-6-15-18)19-12-10(16-13(19)14)4-5-11(17-12)20-2/h3-7,9H,8H2,1-2H3,(H2,14,16). The van der Waals surface area contributed by atoms with Crippen LogP contribution >= 0.6 is 0 Å². The molecule has 1 unspecified atom stereocenters. The number of ether oxygens (including phenoxy) is 1. The Balaban J connectivity index is 2.02. The van der Waals surface area contributed by atoms with Crippen LogP contribution in [0.2, 0.25) is 0 Å². The van der Waals surface area contributed by atoms with Crippen LogP contribution in [0, 0.1) is 0 Å². The van der Waals surface area contributed by atoms with Gasteiger partial charge in [0.15, 0.2) is 5.65 Å². The second-order valence-corrected chi connectivity index (χ2v) is 4.61. The van der Waals surface area contributed by atoms with Crippen LogP contribution in [-0.2, 0) is 6.54 Å². The number of nitrogen functional groups attached to an aromatic ring is 1. The quantitative estimate of drug-likeness (QED) is 0.777. The predicted octanol–water partition coefficient (Wildman–Crippen LogP) is 1.48. The third-order valence-electron chi connectivity index (χ3n) is 3.20. The fraction of sp³-hybridized carbons (Fsp3) is 0.308. The van der Waals surface area contributed by atoms with E-state index in [0.29, 0.717) is 18.4 Å². The molecule has 0 aliphatic rings. The SMILES string of the molecule is COc1ccc2nc(N)n(C(C)Cn3cccn3)c2n1. The molecular weight excluding hydrogens is 256 g/mol. The van der Waals surface area contributed by atoms with Gasteiger partial charge in [-0.2, -0.15) is 10.1 Å². The second kappa shape index (κ2) is 4.84. The van der Waals surface area contributed by atoms with Crippen molar-refractivity contribution >= 4 is 17.1 Å². The van der Waals surface area contributed by atoms with E-state index in [1.807, 2.05) is 27.6 Å². The van der Waals surface area contributed by atoms with Gasteiger partial charge in [0.25, 0.3) is 0 Å². The molecule has 0 aromatic carbocycles. The van der Waals surface area contributed by atoms with E-state index in [-0.39, 0.29) is 6.04 Å². The highest BCUT2D eigenvalue weighted by Gasteiger charge is 2.16. The lowest BCUT2D eigenvalue weighted by Gasteiger charge is -2.15. The molecule has 0 spiro atoms. The Morgan fingerprint density at radius 3 is 2.90 bits per heavy atom. The van der Waals surface area contributed by atoms with E-state index in [4.69, 9.17) is 10.5 Å². The van der Waals surface area contributed by atoms with Crippen molar-refractivity contribution in [3.05, 3.63) is 30.6 Å². The number of fused-ring (bicyclic) bond motifs is 1. The molecule has 3 aromatic rings. The Morgan fingerprint density at radius 1 is 1.35 bits per heavy atom. The summed E-state index contributed by atoms with van der Waals surface area (Å²) in [6.07, 6.45) is 3.67. The molecule has 7 nitrogen and oxygen atoms in total. The van der Waals surface area contributed by atoms with Gasteiger partial charge in [0.1, 0.15) is 5.52 Å². The summed E-state index contributed by atoms with van der Waals surface area (Å²) in [5, 5.41) is 4.21. The molecule has 1 atom stereocenters. The van der Waals surface area contributed by atoms with Crippen molar-refractivity contribution in [2.75, 3.05) is 12.8 Å². The van der Waals surface area contributed by atoms with Crippen LogP contribution in [0.15, 0.2) is 30.6 Å². The van der Waals surface area contributed by atoms with Crippen molar-refractivity contribution in [2.45, 2.75) is 19.5 Å². The van der Waals surface area contributed by atoms with Crippen LogP contribution in [0.3, 0.4) is 0 Å². The largest absolute Gasteiger partial charge is 0.481 e. The highest BCUT2D eigenvalue weighted by molar-refractivity contribution is 5.75. The van der Waals surface area contributed by atoms with E-state index >= 15 is 0 Å². The minimum Gasteiger partial charge on any atom is -0.481 e. The van der Waals surface area contributed by atoms with E-state index < -0.39 is 0 Å². The molecule has 0 saturated carbocycles. The van der Waals surface area contributed by atoms with Gasteiger partial charge in [-0.3, -0.25) is 9.25 Å². The fourth-order valence-corrected chi connectivity index (χ4v) is 2.28. The normalized spacial score (nSPS) is 12.7. The molecule has 0 radical (unpaired) electrons. The number of rotatable bonds is 4. The fourth-order valence-electron chi connectivity index (χ4n) is 2.28. The van der Waals surface area contributed by atoms with Crippen molar-refractivity contribution in [2.24, 2.45) is 0 Å². The van der Waals surface area contributed by atoms with Crippen LogP contribution in [0.25, 0.3) is 11.2 Å². The lowest BCUT2D eigenvalue weighted by molar-refractivity contribution is 0.397. The number of anilines is 1. The van der Waals surface area contributed by atoms with Gasteiger partial charge in [0.05, 0.1) is 19.7 Å². The Hall–Kier alpha value is -2.57. The summed E-state index contributed by atoms with van der Waals surface area (Å²) in [5.74, 6) is 0.991. The van der Waals surface area contributed by atoms with E-state index in [1.165, 1.54) is 0 Å². The summed E-state index contributed by atoms with van der Waals surface area (Å²) in [6, 6.07) is 5.61. The van der Waals surface area contributed by atoms with Crippen molar-refractivity contribution in [1.29, 1.82) is 0 Å². The molecule has 0 aliphatic carbocycles. The topological polar surface area (TPSA) is 83.8 Å².